The third-order valence-electron chi connectivity index (χ3n) is 7.63. The van der Waals surface area contributed by atoms with Gasteiger partial charge in [-0.15, -0.1) is 0 Å². The van der Waals surface area contributed by atoms with Crippen LogP contribution in [0.25, 0.3) is 0 Å². The number of hydrogen-bond donors (Lipinski definition) is 1. The summed E-state index contributed by atoms with van der Waals surface area (Å²) in [5.74, 6) is 0. The highest BCUT2D eigenvalue weighted by atomic mass is 16.5. The molecule has 1 saturated heterocycles. The SMILES string of the molecule is CN(C[C@@H]1Cc2c(CCCN3CCOCC3)cccc2CN1)[C@H]1CCCc2cccnc21. The number of hydrogen-bond acceptors (Lipinski definition) is 5. The molecule has 0 unspecified atom stereocenters. The first kappa shape index (κ1) is 22.0. The fourth-order valence-corrected chi connectivity index (χ4v) is 5.86. The number of ether oxygens (including phenoxy) is 1. The molecule has 1 aromatic carbocycles. The molecule has 3 aliphatic rings. The number of pyridine rings is 1. The Morgan fingerprint density at radius 1 is 1.16 bits per heavy atom. The van der Waals surface area contributed by atoms with Gasteiger partial charge in [-0.2, -0.15) is 0 Å². The minimum absolute atomic E-state index is 0.451. The van der Waals surface area contributed by atoms with Crippen molar-refractivity contribution in [2.45, 2.75) is 57.2 Å². The van der Waals surface area contributed by atoms with Gasteiger partial charge in [0.1, 0.15) is 0 Å². The summed E-state index contributed by atoms with van der Waals surface area (Å²) in [6.45, 7) is 7.21. The predicted molar refractivity (Wildman–Crippen MR) is 129 cm³/mol. The van der Waals surface area contributed by atoms with Gasteiger partial charge in [0.05, 0.1) is 24.9 Å². The molecule has 0 spiro atoms. The lowest BCUT2D eigenvalue weighted by atomic mass is 9.88. The Balaban J connectivity index is 1.21. The van der Waals surface area contributed by atoms with Crippen LogP contribution in [0, 0.1) is 0 Å². The molecule has 0 saturated carbocycles. The van der Waals surface area contributed by atoms with Crippen molar-refractivity contribution in [3.63, 3.8) is 0 Å². The summed E-state index contributed by atoms with van der Waals surface area (Å²) in [6.07, 6.45) is 9.18. The van der Waals surface area contributed by atoms with E-state index in [0.29, 0.717) is 12.1 Å². The Kier molecular flexibility index (Phi) is 7.18. The van der Waals surface area contributed by atoms with Crippen LogP contribution in [-0.4, -0.2) is 67.3 Å². The van der Waals surface area contributed by atoms with Crippen molar-refractivity contribution in [3.8, 4) is 0 Å². The molecular weight excluding hydrogens is 396 g/mol. The molecule has 2 aromatic rings. The second kappa shape index (κ2) is 10.4. The molecule has 0 radical (unpaired) electrons. The summed E-state index contributed by atoms with van der Waals surface area (Å²) in [5, 5.41) is 3.82. The standard InChI is InChI=1S/C27H38N4O/c1-30(26-11-3-7-22-9-4-12-28-27(22)26)20-24-18-25-21(6-2-8-23(25)19-29-24)10-5-13-31-14-16-32-17-15-31/h2,4,6,8-9,12,24,26,29H,3,5,7,10-11,13-20H2,1H3/t24-,26-/m0/s1. The van der Waals surface area contributed by atoms with E-state index in [2.05, 4.69) is 52.5 Å². The summed E-state index contributed by atoms with van der Waals surface area (Å²) in [6, 6.07) is 12.2. The molecule has 1 N–H and O–H groups in total. The zero-order chi connectivity index (χ0) is 21.8. The second-order valence-electron chi connectivity index (χ2n) is 9.79. The fraction of sp³-hybridized carbons (Fsp3) is 0.593. The van der Waals surface area contributed by atoms with Crippen LogP contribution in [0.5, 0.6) is 0 Å². The summed E-state index contributed by atoms with van der Waals surface area (Å²) >= 11 is 0. The van der Waals surface area contributed by atoms with E-state index in [-0.39, 0.29) is 0 Å². The van der Waals surface area contributed by atoms with Gasteiger partial charge in [0, 0.05) is 38.4 Å². The maximum atomic E-state index is 5.49. The Hall–Kier alpha value is -1.79. The summed E-state index contributed by atoms with van der Waals surface area (Å²) < 4.78 is 5.49. The predicted octanol–water partition coefficient (Wildman–Crippen LogP) is 3.37. The van der Waals surface area contributed by atoms with Gasteiger partial charge in [0.25, 0.3) is 0 Å². The zero-order valence-corrected chi connectivity index (χ0v) is 19.6. The molecular formula is C27H38N4O. The van der Waals surface area contributed by atoms with E-state index in [9.17, 15) is 0 Å². The van der Waals surface area contributed by atoms with E-state index in [4.69, 9.17) is 9.72 Å². The minimum Gasteiger partial charge on any atom is -0.379 e. The number of morpholine rings is 1. The number of rotatable bonds is 7. The lowest BCUT2D eigenvalue weighted by molar-refractivity contribution is 0.0374. The minimum atomic E-state index is 0.451. The first-order valence-electron chi connectivity index (χ1n) is 12.5. The van der Waals surface area contributed by atoms with Crippen molar-refractivity contribution < 1.29 is 4.74 Å². The van der Waals surface area contributed by atoms with E-state index in [1.165, 1.54) is 55.5 Å². The molecule has 1 aliphatic carbocycles. The van der Waals surface area contributed by atoms with Gasteiger partial charge >= 0.3 is 0 Å². The Morgan fingerprint density at radius 2 is 2.03 bits per heavy atom. The molecule has 2 atom stereocenters. The zero-order valence-electron chi connectivity index (χ0n) is 19.6. The average molecular weight is 435 g/mol. The van der Waals surface area contributed by atoms with Crippen molar-refractivity contribution in [3.05, 3.63) is 64.5 Å². The van der Waals surface area contributed by atoms with E-state index in [1.807, 2.05) is 6.20 Å². The van der Waals surface area contributed by atoms with Crippen molar-refractivity contribution in [2.75, 3.05) is 46.4 Å². The lowest BCUT2D eigenvalue weighted by Crippen LogP contribution is -2.45. The third-order valence-corrected chi connectivity index (χ3v) is 7.63. The Bertz CT molecular complexity index is 895. The molecule has 5 rings (SSSR count). The highest BCUT2D eigenvalue weighted by Gasteiger charge is 2.28. The number of fused-ring (bicyclic) bond motifs is 2. The van der Waals surface area contributed by atoms with E-state index in [0.717, 1.165) is 45.8 Å². The first-order valence-corrected chi connectivity index (χ1v) is 12.5. The van der Waals surface area contributed by atoms with Gasteiger partial charge < -0.3 is 10.1 Å². The molecule has 0 bridgehead atoms. The van der Waals surface area contributed by atoms with Crippen LogP contribution < -0.4 is 5.32 Å². The van der Waals surface area contributed by atoms with E-state index < -0.39 is 0 Å². The Labute approximate surface area is 193 Å². The summed E-state index contributed by atoms with van der Waals surface area (Å²) in [7, 11) is 2.29. The number of aryl methyl sites for hydroxylation is 2. The largest absolute Gasteiger partial charge is 0.379 e. The highest BCUT2D eigenvalue weighted by molar-refractivity contribution is 5.38. The first-order chi connectivity index (χ1) is 15.8. The number of nitrogens with zero attached hydrogens (tertiary/aromatic N) is 3. The van der Waals surface area contributed by atoms with Crippen molar-refractivity contribution in [2.24, 2.45) is 0 Å². The van der Waals surface area contributed by atoms with Crippen molar-refractivity contribution in [1.29, 1.82) is 0 Å². The monoisotopic (exact) mass is 434 g/mol. The van der Waals surface area contributed by atoms with Crippen molar-refractivity contribution >= 4 is 0 Å². The fourth-order valence-electron chi connectivity index (χ4n) is 5.86. The molecule has 2 aliphatic heterocycles. The molecule has 3 heterocycles. The second-order valence-corrected chi connectivity index (χ2v) is 9.79. The number of benzene rings is 1. The van der Waals surface area contributed by atoms with Crippen LogP contribution in [0.1, 0.15) is 53.3 Å². The maximum Gasteiger partial charge on any atom is 0.0607 e. The van der Waals surface area contributed by atoms with Gasteiger partial charge in [-0.1, -0.05) is 24.3 Å². The lowest BCUT2D eigenvalue weighted by Gasteiger charge is -2.36. The van der Waals surface area contributed by atoms with Crippen LogP contribution in [0.3, 0.4) is 0 Å². The van der Waals surface area contributed by atoms with E-state index in [1.54, 1.807) is 11.1 Å². The van der Waals surface area contributed by atoms with Gasteiger partial charge in [0.15, 0.2) is 0 Å². The number of likely N-dealkylation sites (N-methyl/N-ethyl adjacent to an activating group) is 1. The van der Waals surface area contributed by atoms with Crippen molar-refractivity contribution in [1.82, 2.24) is 20.1 Å². The number of nitrogens with one attached hydrogen (secondary N) is 1. The summed E-state index contributed by atoms with van der Waals surface area (Å²) in [4.78, 5) is 9.86. The molecule has 32 heavy (non-hydrogen) atoms. The van der Waals surface area contributed by atoms with Crippen LogP contribution in [0.15, 0.2) is 36.5 Å². The van der Waals surface area contributed by atoms with Gasteiger partial charge in [-0.25, -0.2) is 0 Å². The molecule has 1 fully saturated rings. The summed E-state index contributed by atoms with van der Waals surface area (Å²) in [5.41, 5.74) is 7.42. The quantitative estimate of drug-likeness (QED) is 0.724. The normalized spacial score (nSPS) is 23.7. The average Bonchev–Trinajstić information content (AvgIpc) is 2.84. The molecule has 5 nitrogen and oxygen atoms in total. The van der Waals surface area contributed by atoms with Crippen LogP contribution in [0.2, 0.25) is 0 Å². The molecule has 5 heteroatoms. The van der Waals surface area contributed by atoms with Crippen LogP contribution in [0.4, 0.5) is 0 Å². The molecule has 1 aromatic heterocycles. The van der Waals surface area contributed by atoms with E-state index >= 15 is 0 Å². The van der Waals surface area contributed by atoms with Crippen LogP contribution >= 0.6 is 0 Å². The molecule has 172 valence electrons. The topological polar surface area (TPSA) is 40.6 Å². The number of aromatic nitrogens is 1. The van der Waals surface area contributed by atoms with Gasteiger partial charge in [0.2, 0.25) is 0 Å². The Morgan fingerprint density at radius 3 is 2.94 bits per heavy atom. The highest BCUT2D eigenvalue weighted by Crippen LogP contribution is 2.32. The maximum absolute atomic E-state index is 5.49. The molecule has 0 amide bonds. The van der Waals surface area contributed by atoms with Gasteiger partial charge in [-0.3, -0.25) is 14.8 Å². The third kappa shape index (κ3) is 5.07. The van der Waals surface area contributed by atoms with Gasteiger partial charge in [-0.05, 0) is 80.4 Å². The smallest absolute Gasteiger partial charge is 0.0607 e. The van der Waals surface area contributed by atoms with Crippen LogP contribution in [-0.2, 0) is 30.5 Å².